The Morgan fingerprint density at radius 1 is 1.50 bits per heavy atom. The lowest BCUT2D eigenvalue weighted by molar-refractivity contribution is -0.385. The molecule has 8 nitrogen and oxygen atoms in total. The number of benzene rings is 1. The second kappa shape index (κ2) is 6.42. The Morgan fingerprint density at radius 3 is 2.82 bits per heavy atom. The van der Waals surface area contributed by atoms with Crippen LogP contribution in [0.4, 0.5) is 5.69 Å². The van der Waals surface area contributed by atoms with Gasteiger partial charge in [-0.05, 0) is 31.9 Å². The lowest BCUT2D eigenvalue weighted by Crippen LogP contribution is -2.40. The van der Waals surface area contributed by atoms with Gasteiger partial charge < -0.3 is 14.7 Å². The van der Waals surface area contributed by atoms with Gasteiger partial charge in [0.1, 0.15) is 6.04 Å². The predicted molar refractivity (Wildman–Crippen MR) is 76.0 cm³/mol. The summed E-state index contributed by atoms with van der Waals surface area (Å²) >= 11 is 0. The summed E-state index contributed by atoms with van der Waals surface area (Å²) in [4.78, 5) is 35.2. The first-order valence-electron chi connectivity index (χ1n) is 6.90. The number of hydrogen-bond acceptors (Lipinski definition) is 5. The van der Waals surface area contributed by atoms with Crippen LogP contribution in [0.5, 0.6) is 5.75 Å². The van der Waals surface area contributed by atoms with Crippen molar-refractivity contribution < 1.29 is 24.4 Å². The maximum atomic E-state index is 12.4. The summed E-state index contributed by atoms with van der Waals surface area (Å²) in [5.41, 5.74) is -0.220. The summed E-state index contributed by atoms with van der Waals surface area (Å²) in [6.07, 6.45) is 0.988. The van der Waals surface area contributed by atoms with Crippen LogP contribution in [-0.2, 0) is 4.79 Å². The molecular formula is C14H16N2O6. The summed E-state index contributed by atoms with van der Waals surface area (Å²) in [5.74, 6) is -1.50. The summed E-state index contributed by atoms with van der Waals surface area (Å²) in [6, 6.07) is 3.03. The summed E-state index contributed by atoms with van der Waals surface area (Å²) < 4.78 is 5.16. The van der Waals surface area contributed by atoms with Crippen molar-refractivity contribution in [2.45, 2.75) is 25.8 Å². The highest BCUT2D eigenvalue weighted by atomic mass is 16.6. The minimum Gasteiger partial charge on any atom is -0.487 e. The van der Waals surface area contributed by atoms with Gasteiger partial charge in [-0.25, -0.2) is 4.79 Å². The van der Waals surface area contributed by atoms with Gasteiger partial charge in [-0.1, -0.05) is 0 Å². The Balaban J connectivity index is 2.32. The summed E-state index contributed by atoms with van der Waals surface area (Å²) in [6.45, 7) is 2.29. The van der Waals surface area contributed by atoms with E-state index in [4.69, 9.17) is 9.84 Å². The highest BCUT2D eigenvalue weighted by Crippen LogP contribution is 2.29. The van der Waals surface area contributed by atoms with Gasteiger partial charge in [-0.3, -0.25) is 14.9 Å². The zero-order valence-corrected chi connectivity index (χ0v) is 12.0. The Kier molecular flexibility index (Phi) is 4.59. The lowest BCUT2D eigenvalue weighted by atomic mass is 10.1. The molecule has 0 radical (unpaired) electrons. The van der Waals surface area contributed by atoms with E-state index in [1.807, 2.05) is 0 Å². The molecule has 22 heavy (non-hydrogen) atoms. The van der Waals surface area contributed by atoms with E-state index >= 15 is 0 Å². The molecule has 8 heteroatoms. The maximum Gasteiger partial charge on any atom is 0.326 e. The fraction of sp³-hybridized carbons (Fsp3) is 0.429. The van der Waals surface area contributed by atoms with Gasteiger partial charge in [0, 0.05) is 18.2 Å². The van der Waals surface area contributed by atoms with Crippen molar-refractivity contribution in [1.29, 1.82) is 0 Å². The number of hydrogen-bond donors (Lipinski definition) is 1. The van der Waals surface area contributed by atoms with E-state index in [1.165, 1.54) is 17.0 Å². The van der Waals surface area contributed by atoms with Crippen LogP contribution in [0.3, 0.4) is 0 Å². The summed E-state index contributed by atoms with van der Waals surface area (Å²) in [7, 11) is 0. The minimum absolute atomic E-state index is 0.0836. The summed E-state index contributed by atoms with van der Waals surface area (Å²) in [5, 5.41) is 20.2. The molecule has 0 aliphatic carbocycles. The van der Waals surface area contributed by atoms with Crippen molar-refractivity contribution in [3.63, 3.8) is 0 Å². The standard InChI is InChI=1S/C14H16N2O6/c1-2-22-12-6-5-9(8-11(12)16(20)21)13(17)15-7-3-4-10(15)14(18)19/h5-6,8,10H,2-4,7H2,1H3,(H,18,19)/t10-/m0/s1. The molecule has 1 heterocycles. The molecule has 1 aliphatic rings. The van der Waals surface area contributed by atoms with E-state index in [2.05, 4.69) is 0 Å². The van der Waals surface area contributed by atoms with Crippen LogP contribution < -0.4 is 4.74 Å². The molecule has 0 saturated carbocycles. The Labute approximate surface area is 126 Å². The Hall–Kier alpha value is -2.64. The monoisotopic (exact) mass is 308 g/mol. The number of ether oxygens (including phenoxy) is 1. The van der Waals surface area contributed by atoms with Gasteiger partial charge in [0.25, 0.3) is 5.91 Å². The predicted octanol–water partition coefficient (Wildman–Crippen LogP) is 1.68. The molecule has 1 saturated heterocycles. The quantitative estimate of drug-likeness (QED) is 0.654. The molecule has 1 fully saturated rings. The molecule has 1 aromatic carbocycles. The second-order valence-electron chi connectivity index (χ2n) is 4.87. The normalized spacial score (nSPS) is 17.3. The number of carboxylic acid groups (broad SMARTS) is 1. The van der Waals surface area contributed by atoms with Crippen molar-refractivity contribution in [2.24, 2.45) is 0 Å². The van der Waals surface area contributed by atoms with E-state index < -0.39 is 22.8 Å². The van der Waals surface area contributed by atoms with Crippen LogP contribution in [0.25, 0.3) is 0 Å². The minimum atomic E-state index is -1.06. The molecule has 0 spiro atoms. The van der Waals surface area contributed by atoms with Crippen LogP contribution in [-0.4, -0.2) is 46.0 Å². The van der Waals surface area contributed by atoms with Crippen molar-refractivity contribution in [1.82, 2.24) is 4.90 Å². The molecule has 1 N–H and O–H groups in total. The van der Waals surface area contributed by atoms with Gasteiger partial charge in [-0.2, -0.15) is 0 Å². The number of nitro groups is 1. The number of carbonyl (C=O) groups is 2. The zero-order chi connectivity index (χ0) is 16.3. The molecular weight excluding hydrogens is 292 g/mol. The number of nitro benzene ring substituents is 1. The Bertz CT molecular complexity index is 615. The molecule has 118 valence electrons. The number of carboxylic acids is 1. The van der Waals surface area contributed by atoms with Crippen molar-refractivity contribution in [3.8, 4) is 5.75 Å². The largest absolute Gasteiger partial charge is 0.487 e. The van der Waals surface area contributed by atoms with Crippen LogP contribution in [0.2, 0.25) is 0 Å². The topological polar surface area (TPSA) is 110 Å². The van der Waals surface area contributed by atoms with Crippen LogP contribution in [0, 0.1) is 10.1 Å². The van der Waals surface area contributed by atoms with Crippen LogP contribution >= 0.6 is 0 Å². The van der Waals surface area contributed by atoms with E-state index in [9.17, 15) is 19.7 Å². The van der Waals surface area contributed by atoms with Gasteiger partial charge >= 0.3 is 11.7 Å². The zero-order valence-electron chi connectivity index (χ0n) is 12.0. The number of aliphatic carboxylic acids is 1. The first-order valence-corrected chi connectivity index (χ1v) is 6.90. The second-order valence-corrected chi connectivity index (χ2v) is 4.87. The number of rotatable bonds is 5. The molecule has 1 aliphatic heterocycles. The molecule has 0 aromatic heterocycles. The van der Waals surface area contributed by atoms with Gasteiger partial charge in [0.2, 0.25) is 0 Å². The van der Waals surface area contributed by atoms with E-state index in [0.717, 1.165) is 6.07 Å². The molecule has 2 rings (SSSR count). The Morgan fingerprint density at radius 2 is 2.23 bits per heavy atom. The van der Waals surface area contributed by atoms with Crippen molar-refractivity contribution in [2.75, 3.05) is 13.2 Å². The fourth-order valence-electron chi connectivity index (χ4n) is 2.50. The van der Waals surface area contributed by atoms with Gasteiger partial charge in [0.05, 0.1) is 11.5 Å². The van der Waals surface area contributed by atoms with Gasteiger partial charge in [-0.15, -0.1) is 0 Å². The molecule has 0 unspecified atom stereocenters. The number of carbonyl (C=O) groups excluding carboxylic acids is 1. The maximum absolute atomic E-state index is 12.4. The number of nitrogens with zero attached hydrogens (tertiary/aromatic N) is 2. The fourth-order valence-corrected chi connectivity index (χ4v) is 2.50. The molecule has 0 bridgehead atoms. The SMILES string of the molecule is CCOc1ccc(C(=O)N2CCC[C@H]2C(=O)O)cc1[N+](=O)[O-]. The van der Waals surface area contributed by atoms with Gasteiger partial charge in [0.15, 0.2) is 5.75 Å². The first-order chi connectivity index (χ1) is 10.5. The van der Waals surface area contributed by atoms with E-state index in [1.54, 1.807) is 6.92 Å². The van der Waals surface area contributed by atoms with Crippen molar-refractivity contribution in [3.05, 3.63) is 33.9 Å². The van der Waals surface area contributed by atoms with Crippen LogP contribution in [0.15, 0.2) is 18.2 Å². The lowest BCUT2D eigenvalue weighted by Gasteiger charge is -2.21. The molecule has 1 aromatic rings. The third-order valence-electron chi connectivity index (χ3n) is 3.50. The third-order valence-corrected chi connectivity index (χ3v) is 3.50. The highest BCUT2D eigenvalue weighted by Gasteiger charge is 2.35. The van der Waals surface area contributed by atoms with E-state index in [0.29, 0.717) is 19.4 Å². The number of amides is 1. The molecule has 1 atom stereocenters. The molecule has 1 amide bonds. The van der Waals surface area contributed by atoms with Crippen molar-refractivity contribution >= 4 is 17.6 Å². The third kappa shape index (κ3) is 3.00. The highest BCUT2D eigenvalue weighted by molar-refractivity contribution is 5.97. The van der Waals surface area contributed by atoms with E-state index in [-0.39, 0.29) is 23.6 Å². The average Bonchev–Trinajstić information content (AvgIpc) is 2.96. The number of likely N-dealkylation sites (tertiary alicyclic amines) is 1. The smallest absolute Gasteiger partial charge is 0.326 e. The first kappa shape index (κ1) is 15.7. The van der Waals surface area contributed by atoms with Crippen LogP contribution in [0.1, 0.15) is 30.1 Å². The average molecular weight is 308 g/mol.